The van der Waals surface area contributed by atoms with Crippen molar-refractivity contribution in [2.75, 3.05) is 0 Å². The first kappa shape index (κ1) is 22.1. The smallest absolute Gasteiger partial charge is 0.292 e. The van der Waals surface area contributed by atoms with Gasteiger partial charge in [0, 0.05) is 0 Å². The highest BCUT2D eigenvalue weighted by Gasteiger charge is 1.99. The second-order valence-corrected chi connectivity index (χ2v) is 7.44. The van der Waals surface area contributed by atoms with Crippen LogP contribution < -0.4 is 9.47 Å². The van der Waals surface area contributed by atoms with Crippen LogP contribution in [-0.2, 0) is 0 Å². The van der Waals surface area contributed by atoms with Gasteiger partial charge in [0.2, 0.25) is 0 Å². The molecule has 0 unspecified atom stereocenters. The van der Waals surface area contributed by atoms with Crippen molar-refractivity contribution in [2.24, 2.45) is 0 Å². The Morgan fingerprint density at radius 2 is 0.676 bits per heavy atom. The Labute approximate surface area is 198 Å². The molecular formula is C30H20N2O2. The van der Waals surface area contributed by atoms with Crippen LogP contribution in [0.2, 0.25) is 0 Å². The molecule has 0 fully saturated rings. The van der Waals surface area contributed by atoms with E-state index in [2.05, 4.69) is 60.7 Å². The van der Waals surface area contributed by atoms with Crippen molar-refractivity contribution in [1.82, 2.24) is 0 Å². The van der Waals surface area contributed by atoms with Gasteiger partial charge in [-0.2, -0.15) is 0 Å². The Morgan fingerprint density at radius 1 is 0.412 bits per heavy atom. The van der Waals surface area contributed by atoms with Crippen LogP contribution in [0.25, 0.3) is 35.4 Å². The molecule has 0 aliphatic rings. The van der Waals surface area contributed by atoms with E-state index < -0.39 is 0 Å². The third kappa shape index (κ3) is 6.01. The minimum absolute atomic E-state index is 0.534. The summed E-state index contributed by atoms with van der Waals surface area (Å²) in [6, 6.07) is 31.5. The van der Waals surface area contributed by atoms with Gasteiger partial charge in [0.25, 0.3) is 12.5 Å². The number of rotatable bonds is 7. The molecule has 4 aromatic carbocycles. The van der Waals surface area contributed by atoms with E-state index in [1.54, 1.807) is 36.8 Å². The van der Waals surface area contributed by atoms with E-state index in [0.717, 1.165) is 33.4 Å². The lowest BCUT2D eigenvalue weighted by molar-refractivity contribution is 0.507. The summed E-state index contributed by atoms with van der Waals surface area (Å²) in [7, 11) is 0. The van der Waals surface area contributed by atoms with Gasteiger partial charge in [-0.25, -0.2) is 0 Å². The molecule has 0 saturated carbocycles. The zero-order valence-corrected chi connectivity index (χ0v) is 18.3. The summed E-state index contributed by atoms with van der Waals surface area (Å²) < 4.78 is 9.59. The molecule has 0 amide bonds. The fraction of sp³-hybridized carbons (Fsp3) is 0. The van der Waals surface area contributed by atoms with Crippen LogP contribution >= 0.6 is 0 Å². The van der Waals surface area contributed by atoms with E-state index in [0.29, 0.717) is 11.5 Å². The van der Waals surface area contributed by atoms with Gasteiger partial charge in [-0.1, -0.05) is 97.1 Å². The van der Waals surface area contributed by atoms with Crippen LogP contribution in [-0.4, -0.2) is 0 Å². The summed E-state index contributed by atoms with van der Waals surface area (Å²) >= 11 is 0. The summed E-state index contributed by atoms with van der Waals surface area (Å²) in [5.74, 6) is 1.07. The Bertz CT molecular complexity index is 1260. The molecule has 0 bridgehead atoms. The number of hydrogen-bond acceptors (Lipinski definition) is 4. The average Bonchev–Trinajstić information content (AvgIpc) is 2.89. The average molecular weight is 441 g/mol. The molecular weight excluding hydrogens is 420 g/mol. The maximum absolute atomic E-state index is 8.55. The number of benzene rings is 4. The predicted molar refractivity (Wildman–Crippen MR) is 135 cm³/mol. The van der Waals surface area contributed by atoms with Crippen molar-refractivity contribution in [3.05, 3.63) is 119 Å². The normalized spacial score (nSPS) is 10.6. The lowest BCUT2D eigenvalue weighted by Gasteiger charge is -2.04. The van der Waals surface area contributed by atoms with Gasteiger partial charge in [0.15, 0.2) is 0 Å². The van der Waals surface area contributed by atoms with Crippen molar-refractivity contribution in [1.29, 1.82) is 10.5 Å². The molecule has 4 rings (SSSR count). The zero-order chi connectivity index (χ0) is 23.6. The molecule has 4 heteroatoms. The highest BCUT2D eigenvalue weighted by Crippen LogP contribution is 2.22. The summed E-state index contributed by atoms with van der Waals surface area (Å²) in [5, 5.41) is 17.1. The molecule has 0 heterocycles. The van der Waals surface area contributed by atoms with E-state index >= 15 is 0 Å². The second-order valence-electron chi connectivity index (χ2n) is 7.44. The monoisotopic (exact) mass is 440 g/mol. The molecule has 34 heavy (non-hydrogen) atoms. The van der Waals surface area contributed by atoms with Crippen LogP contribution in [0.15, 0.2) is 97.1 Å². The third-order valence-corrected chi connectivity index (χ3v) is 5.18. The van der Waals surface area contributed by atoms with Crippen molar-refractivity contribution in [3.63, 3.8) is 0 Å². The second kappa shape index (κ2) is 11.0. The van der Waals surface area contributed by atoms with Crippen LogP contribution in [0.3, 0.4) is 0 Å². The molecule has 0 aliphatic heterocycles. The van der Waals surface area contributed by atoms with E-state index in [1.165, 1.54) is 0 Å². The fourth-order valence-electron chi connectivity index (χ4n) is 3.36. The number of nitriles is 2. The number of ether oxygens (including phenoxy) is 2. The van der Waals surface area contributed by atoms with Gasteiger partial charge < -0.3 is 9.47 Å². The van der Waals surface area contributed by atoms with Crippen molar-refractivity contribution < 1.29 is 9.47 Å². The maximum Gasteiger partial charge on any atom is 0.292 e. The van der Waals surface area contributed by atoms with Crippen molar-refractivity contribution >= 4 is 24.3 Å². The summed E-state index contributed by atoms with van der Waals surface area (Å²) in [4.78, 5) is 0. The van der Waals surface area contributed by atoms with E-state index in [4.69, 9.17) is 20.0 Å². The fourth-order valence-corrected chi connectivity index (χ4v) is 3.36. The molecule has 0 aliphatic carbocycles. The van der Waals surface area contributed by atoms with Gasteiger partial charge in [-0.05, 0) is 57.6 Å². The summed E-state index contributed by atoms with van der Waals surface area (Å²) in [5.41, 5.74) is 6.57. The topological polar surface area (TPSA) is 66.0 Å². The molecule has 162 valence electrons. The first-order valence-electron chi connectivity index (χ1n) is 10.6. The van der Waals surface area contributed by atoms with E-state index in [1.807, 2.05) is 36.4 Å². The molecule has 0 radical (unpaired) electrons. The highest BCUT2D eigenvalue weighted by atomic mass is 16.5. The molecule has 0 N–H and O–H groups in total. The minimum Gasteiger partial charge on any atom is -0.388 e. The van der Waals surface area contributed by atoms with E-state index in [-0.39, 0.29) is 0 Å². The van der Waals surface area contributed by atoms with Crippen molar-refractivity contribution in [2.45, 2.75) is 0 Å². The standard InChI is InChI=1S/C30H20N2O2/c31-21-33-29-17-9-25(10-18-29)3-1-23-5-13-27(14-6-23)28-15-7-24(8-16-28)2-4-26-11-19-30(20-12-26)34-22-32/h1-20H. The van der Waals surface area contributed by atoms with Gasteiger partial charge in [0.05, 0.1) is 0 Å². The molecule has 0 atom stereocenters. The van der Waals surface area contributed by atoms with Crippen molar-refractivity contribution in [3.8, 4) is 35.1 Å². The minimum atomic E-state index is 0.534. The Balaban J connectivity index is 1.38. The Kier molecular flexibility index (Phi) is 7.16. The Morgan fingerprint density at radius 3 is 0.941 bits per heavy atom. The molecule has 4 nitrogen and oxygen atoms in total. The molecule has 0 saturated heterocycles. The van der Waals surface area contributed by atoms with Crippen LogP contribution in [0.4, 0.5) is 0 Å². The highest BCUT2D eigenvalue weighted by molar-refractivity contribution is 5.74. The van der Waals surface area contributed by atoms with Gasteiger partial charge in [-0.3, -0.25) is 0 Å². The van der Waals surface area contributed by atoms with E-state index in [9.17, 15) is 0 Å². The van der Waals surface area contributed by atoms with Gasteiger partial charge in [-0.15, -0.1) is 10.5 Å². The lowest BCUT2D eigenvalue weighted by atomic mass is 10.0. The molecule has 0 aromatic heterocycles. The summed E-state index contributed by atoms with van der Waals surface area (Å²) in [6.45, 7) is 0. The number of hydrogen-bond donors (Lipinski definition) is 0. The first-order chi connectivity index (χ1) is 16.7. The zero-order valence-electron chi connectivity index (χ0n) is 18.3. The quantitative estimate of drug-likeness (QED) is 0.222. The van der Waals surface area contributed by atoms with Crippen LogP contribution in [0, 0.1) is 23.0 Å². The molecule has 0 spiro atoms. The first-order valence-corrected chi connectivity index (χ1v) is 10.6. The lowest BCUT2D eigenvalue weighted by Crippen LogP contribution is -1.82. The van der Waals surface area contributed by atoms with Crippen LogP contribution in [0.1, 0.15) is 22.3 Å². The third-order valence-electron chi connectivity index (χ3n) is 5.18. The summed E-state index contributed by atoms with van der Waals surface area (Å²) in [6.07, 6.45) is 11.5. The maximum atomic E-state index is 8.55. The molecule has 4 aromatic rings. The van der Waals surface area contributed by atoms with Crippen LogP contribution in [0.5, 0.6) is 11.5 Å². The Hall–Kier alpha value is -5.06. The SMILES string of the molecule is N#COc1ccc(C=Cc2ccc(-c3ccc(C=Cc4ccc(OC#N)cc4)cc3)cc2)cc1. The van der Waals surface area contributed by atoms with Gasteiger partial charge in [0.1, 0.15) is 11.5 Å². The predicted octanol–water partition coefficient (Wildman–Crippen LogP) is 7.41. The van der Waals surface area contributed by atoms with Gasteiger partial charge >= 0.3 is 0 Å². The number of nitrogens with zero attached hydrogens (tertiary/aromatic N) is 2. The largest absolute Gasteiger partial charge is 0.388 e.